The van der Waals surface area contributed by atoms with Crippen LogP contribution in [0.15, 0.2) is 41.3 Å². The number of phosphoric ester groups is 1. The molecule has 1 aliphatic heterocycles. The van der Waals surface area contributed by atoms with Gasteiger partial charge in [-0.05, 0) is 24.0 Å². The monoisotopic (exact) mass is 626 g/mol. The number of nitrogen functional groups attached to an aromatic ring is 1. The molecule has 0 radical (unpaired) electrons. The summed E-state index contributed by atoms with van der Waals surface area (Å²) in [5.74, 6) is -0.233. The highest BCUT2D eigenvalue weighted by Crippen LogP contribution is 2.66. The first kappa shape index (κ1) is 30.7. The Labute approximate surface area is 224 Å². The molecule has 1 fully saturated rings. The maximum absolute atomic E-state index is 12.7. The van der Waals surface area contributed by atoms with Gasteiger partial charge in [-0.1, -0.05) is 30.3 Å². The fraction of sp³-hybridized carbons (Fsp3) is 0.368. The summed E-state index contributed by atoms with van der Waals surface area (Å²) in [5.41, 5.74) is 6.69. The van der Waals surface area contributed by atoms with E-state index >= 15 is 0 Å². The van der Waals surface area contributed by atoms with Crippen molar-refractivity contribution in [2.45, 2.75) is 37.4 Å². The Hall–Kier alpha value is -2.27. The molecule has 40 heavy (non-hydrogen) atoms. The molecule has 4 rings (SSSR count). The van der Waals surface area contributed by atoms with Crippen LogP contribution >= 0.6 is 23.5 Å². The van der Waals surface area contributed by atoms with E-state index in [4.69, 9.17) is 20.3 Å². The molecule has 21 heteroatoms. The van der Waals surface area contributed by atoms with Gasteiger partial charge in [-0.15, -0.1) is 0 Å². The van der Waals surface area contributed by atoms with Crippen molar-refractivity contribution in [1.82, 2.24) is 14.5 Å². The molecular formula is C19H25N4O14P3. The normalized spacial score (nSPS) is 24.6. The number of aromatic amines is 1. The van der Waals surface area contributed by atoms with Crippen LogP contribution in [0.1, 0.15) is 17.4 Å². The number of aliphatic hydroxyl groups is 2. The van der Waals surface area contributed by atoms with Crippen LogP contribution in [0.25, 0.3) is 11.0 Å². The number of ether oxygens (including phenoxy) is 1. The number of nitrogens with one attached hydrogen (secondary N) is 1. The number of aromatic nitrogens is 3. The van der Waals surface area contributed by atoms with Crippen LogP contribution in [-0.4, -0.2) is 69.2 Å². The number of benzene rings is 1. The molecule has 2 unspecified atom stereocenters. The van der Waals surface area contributed by atoms with Gasteiger partial charge in [0.15, 0.2) is 11.9 Å². The zero-order valence-electron chi connectivity index (χ0n) is 20.2. The number of anilines is 1. The first-order chi connectivity index (χ1) is 18.6. The number of aliphatic hydroxyl groups excluding tert-OH is 2. The lowest BCUT2D eigenvalue weighted by Crippen LogP contribution is -2.33. The summed E-state index contributed by atoms with van der Waals surface area (Å²) in [6, 6.07) is 9.39. The van der Waals surface area contributed by atoms with Gasteiger partial charge in [0.25, 0.3) is 5.56 Å². The highest BCUT2D eigenvalue weighted by atomic mass is 31.3. The fourth-order valence-electron chi connectivity index (χ4n) is 4.12. The van der Waals surface area contributed by atoms with E-state index in [1.807, 2.05) is 30.3 Å². The molecule has 0 spiro atoms. The molecule has 1 aromatic carbocycles. The second kappa shape index (κ2) is 11.5. The van der Waals surface area contributed by atoms with Crippen molar-refractivity contribution in [3.05, 3.63) is 58.0 Å². The first-order valence-electron chi connectivity index (χ1n) is 11.3. The number of hydrogen-bond donors (Lipinski definition) is 8. The van der Waals surface area contributed by atoms with E-state index in [0.717, 1.165) is 5.56 Å². The van der Waals surface area contributed by atoms with Gasteiger partial charge in [-0.3, -0.25) is 14.3 Å². The number of H-pyrrole nitrogens is 1. The standard InChI is InChI=1S/C19H25N4O14P3/c20-19-21-16-13(17(26)22-19)11(7-6-10-4-2-1-3-5-10)8-23(16)18-15(25)14(24)12(35-18)9-34-39(30,31)37-40(32,33)36-38(27,28)29/h1-5,8,12,14-15,18,24-25H,6-7,9H2,(H,30,31)(H,32,33)(H2,27,28,29)(H3,20,21,22,26)/t12-,14-,15-,18-/m1/s1. The van der Waals surface area contributed by atoms with Crippen molar-refractivity contribution in [2.24, 2.45) is 0 Å². The van der Waals surface area contributed by atoms with Crippen molar-refractivity contribution >= 4 is 40.4 Å². The van der Waals surface area contributed by atoms with E-state index in [1.54, 1.807) is 0 Å². The van der Waals surface area contributed by atoms with Crippen molar-refractivity contribution in [3.63, 3.8) is 0 Å². The minimum Gasteiger partial charge on any atom is -0.387 e. The average molecular weight is 626 g/mol. The molecule has 0 bridgehead atoms. The number of hydrogen-bond acceptors (Lipinski definition) is 12. The number of rotatable bonds is 11. The predicted octanol–water partition coefficient (Wildman–Crippen LogP) is 0.0545. The minimum absolute atomic E-state index is 0.0223. The molecule has 18 nitrogen and oxygen atoms in total. The Bertz CT molecular complexity index is 1570. The third kappa shape index (κ3) is 7.32. The van der Waals surface area contributed by atoms with Crippen LogP contribution in [0, 0.1) is 0 Å². The zero-order valence-corrected chi connectivity index (χ0v) is 22.8. The summed E-state index contributed by atoms with van der Waals surface area (Å²) >= 11 is 0. The van der Waals surface area contributed by atoms with Gasteiger partial charge < -0.3 is 44.8 Å². The molecule has 0 amide bonds. The van der Waals surface area contributed by atoms with Crippen LogP contribution in [-0.2, 0) is 44.4 Å². The summed E-state index contributed by atoms with van der Waals surface area (Å²) in [6.07, 6.45) is -3.95. The molecule has 2 aromatic heterocycles. The Balaban J connectivity index is 1.54. The third-order valence-corrected chi connectivity index (χ3v) is 9.54. The predicted molar refractivity (Wildman–Crippen MR) is 134 cm³/mol. The first-order valence-corrected chi connectivity index (χ1v) is 15.8. The summed E-state index contributed by atoms with van der Waals surface area (Å²) in [6.45, 7) is -1.01. The van der Waals surface area contributed by atoms with Gasteiger partial charge in [0.2, 0.25) is 5.95 Å². The fourth-order valence-corrected chi connectivity index (χ4v) is 7.15. The van der Waals surface area contributed by atoms with E-state index in [-0.39, 0.29) is 17.0 Å². The van der Waals surface area contributed by atoms with Crippen molar-refractivity contribution in [1.29, 1.82) is 0 Å². The van der Waals surface area contributed by atoms with E-state index in [0.29, 0.717) is 18.4 Å². The molecule has 0 aliphatic carbocycles. The molecule has 1 saturated heterocycles. The molecule has 6 atom stereocenters. The Kier molecular flexibility index (Phi) is 8.86. The number of nitrogens with two attached hydrogens (primary N) is 1. The topological polar surface area (TPSA) is 286 Å². The smallest absolute Gasteiger partial charge is 0.387 e. The minimum atomic E-state index is -5.76. The molecule has 0 saturated carbocycles. The second-order valence-electron chi connectivity index (χ2n) is 8.63. The summed E-state index contributed by atoms with van der Waals surface area (Å²) < 4.78 is 52.9. The van der Waals surface area contributed by atoms with Gasteiger partial charge >= 0.3 is 23.5 Å². The highest BCUT2D eigenvalue weighted by molar-refractivity contribution is 7.66. The van der Waals surface area contributed by atoms with Crippen LogP contribution in [0.3, 0.4) is 0 Å². The molecular weight excluding hydrogens is 601 g/mol. The summed E-state index contributed by atoms with van der Waals surface area (Å²) in [4.78, 5) is 55.4. The quantitative estimate of drug-likeness (QED) is 0.131. The van der Waals surface area contributed by atoms with Gasteiger partial charge in [0, 0.05) is 6.20 Å². The lowest BCUT2D eigenvalue weighted by molar-refractivity contribution is -0.0501. The molecule has 3 aromatic rings. The van der Waals surface area contributed by atoms with Crippen molar-refractivity contribution < 1.29 is 61.4 Å². The SMILES string of the molecule is Nc1nc2c(c(CCc3ccccc3)cn2[C@@H]2O[C@H](COP(=O)(O)OP(=O)(O)OP(=O)(O)O)[C@@H](O)[C@H]2O)c(=O)[nH]1. The van der Waals surface area contributed by atoms with Gasteiger partial charge in [0.1, 0.15) is 18.3 Å². The van der Waals surface area contributed by atoms with E-state index < -0.39 is 60.2 Å². The molecule has 3 heterocycles. The maximum Gasteiger partial charge on any atom is 0.490 e. The third-order valence-electron chi connectivity index (χ3n) is 5.73. The van der Waals surface area contributed by atoms with Crippen LogP contribution in [0.5, 0.6) is 0 Å². The lowest BCUT2D eigenvalue weighted by atomic mass is 10.1. The van der Waals surface area contributed by atoms with Crippen LogP contribution < -0.4 is 11.3 Å². The van der Waals surface area contributed by atoms with E-state index in [1.165, 1.54) is 10.8 Å². The Morgan fingerprint density at radius 1 is 1.00 bits per heavy atom. The average Bonchev–Trinajstić information content (AvgIpc) is 3.32. The lowest BCUT2D eigenvalue weighted by Gasteiger charge is -2.19. The largest absolute Gasteiger partial charge is 0.490 e. The maximum atomic E-state index is 12.7. The molecule has 9 N–H and O–H groups in total. The zero-order chi connectivity index (χ0) is 29.5. The van der Waals surface area contributed by atoms with E-state index in [2.05, 4.69) is 23.1 Å². The number of nitrogens with zero attached hydrogens (tertiary/aromatic N) is 2. The number of phosphoric acid groups is 3. The van der Waals surface area contributed by atoms with Crippen LogP contribution in [0.4, 0.5) is 5.95 Å². The van der Waals surface area contributed by atoms with Crippen molar-refractivity contribution in [3.8, 4) is 0 Å². The summed E-state index contributed by atoms with van der Waals surface area (Å²) in [7, 11) is -16.9. The van der Waals surface area contributed by atoms with Crippen LogP contribution in [0.2, 0.25) is 0 Å². The highest BCUT2D eigenvalue weighted by Gasteiger charge is 2.47. The number of aryl methyl sites for hydroxylation is 2. The van der Waals surface area contributed by atoms with Gasteiger partial charge in [0.05, 0.1) is 12.0 Å². The van der Waals surface area contributed by atoms with Gasteiger partial charge in [-0.2, -0.15) is 13.6 Å². The Morgan fingerprint density at radius 3 is 2.33 bits per heavy atom. The van der Waals surface area contributed by atoms with Crippen molar-refractivity contribution in [2.75, 3.05) is 12.3 Å². The Morgan fingerprint density at radius 2 is 1.68 bits per heavy atom. The second-order valence-corrected chi connectivity index (χ2v) is 13.0. The van der Waals surface area contributed by atoms with E-state index in [9.17, 15) is 38.5 Å². The molecule has 220 valence electrons. The van der Waals surface area contributed by atoms with Gasteiger partial charge in [-0.25, -0.2) is 13.7 Å². The summed E-state index contributed by atoms with van der Waals surface area (Å²) in [5, 5.41) is 21.3. The number of fused-ring (bicyclic) bond motifs is 1. The molecule has 1 aliphatic rings.